The number of methoxy groups -OCH3 is 1. The second kappa shape index (κ2) is 3.13. The molecule has 0 heterocycles. The van der Waals surface area contributed by atoms with Crippen LogP contribution in [0.1, 0.15) is 5.56 Å². The topological polar surface area (TPSA) is 9.23 Å². The summed E-state index contributed by atoms with van der Waals surface area (Å²) in [6.45, 7) is 1.85. The van der Waals surface area contributed by atoms with Gasteiger partial charge in [0.25, 0.3) is 0 Å². The summed E-state index contributed by atoms with van der Waals surface area (Å²) in [4.78, 5) is 0.350. The van der Waals surface area contributed by atoms with Gasteiger partial charge in [0.1, 0.15) is 11.6 Å². The van der Waals surface area contributed by atoms with Crippen LogP contribution >= 0.6 is 12.6 Å². The van der Waals surface area contributed by atoms with Crippen molar-refractivity contribution in [3.05, 3.63) is 23.5 Å². The largest absolute Gasteiger partial charge is 0.496 e. The first-order chi connectivity index (χ1) is 5.15. The summed E-state index contributed by atoms with van der Waals surface area (Å²) >= 11 is 3.92. The molecule has 0 N–H and O–H groups in total. The monoisotopic (exact) mass is 172 g/mol. The van der Waals surface area contributed by atoms with Crippen LogP contribution in [0, 0.1) is 12.7 Å². The molecule has 0 aliphatic carbocycles. The number of thiol groups is 1. The number of rotatable bonds is 1. The van der Waals surface area contributed by atoms with Crippen molar-refractivity contribution in [3.8, 4) is 5.75 Å². The third kappa shape index (κ3) is 1.66. The van der Waals surface area contributed by atoms with Crippen LogP contribution in [0.3, 0.4) is 0 Å². The first kappa shape index (κ1) is 8.40. The second-order valence-electron chi connectivity index (χ2n) is 2.27. The zero-order valence-electron chi connectivity index (χ0n) is 6.39. The summed E-state index contributed by atoms with van der Waals surface area (Å²) in [5.74, 6) is 0.205. The zero-order valence-corrected chi connectivity index (χ0v) is 7.28. The molecule has 0 radical (unpaired) electrons. The molecular weight excluding hydrogens is 163 g/mol. The summed E-state index contributed by atoms with van der Waals surface area (Å²) in [7, 11) is 1.51. The van der Waals surface area contributed by atoms with Crippen molar-refractivity contribution in [3.63, 3.8) is 0 Å². The lowest BCUT2D eigenvalue weighted by atomic mass is 10.2. The molecule has 0 fully saturated rings. The van der Waals surface area contributed by atoms with E-state index in [9.17, 15) is 4.39 Å². The van der Waals surface area contributed by atoms with E-state index in [0.29, 0.717) is 10.6 Å². The standard InChI is InChI=1S/C8H9FOS/c1-5-3-8(11)6(9)4-7(5)10-2/h3-4,11H,1-2H3. The smallest absolute Gasteiger partial charge is 0.140 e. The average Bonchev–Trinajstić information content (AvgIpc) is 1.97. The highest BCUT2D eigenvalue weighted by Crippen LogP contribution is 2.23. The molecule has 0 amide bonds. The highest BCUT2D eigenvalue weighted by Gasteiger charge is 2.03. The van der Waals surface area contributed by atoms with Gasteiger partial charge in [0.15, 0.2) is 0 Å². The minimum Gasteiger partial charge on any atom is -0.496 e. The number of halogens is 1. The van der Waals surface area contributed by atoms with E-state index in [4.69, 9.17) is 4.74 Å². The predicted octanol–water partition coefficient (Wildman–Crippen LogP) is 2.43. The Bertz CT molecular complexity index is 273. The summed E-state index contributed by atoms with van der Waals surface area (Å²) in [5.41, 5.74) is 0.888. The van der Waals surface area contributed by atoms with Crippen LogP contribution < -0.4 is 4.74 Å². The highest BCUT2D eigenvalue weighted by atomic mass is 32.1. The second-order valence-corrected chi connectivity index (χ2v) is 2.76. The summed E-state index contributed by atoms with van der Waals surface area (Å²) in [6, 6.07) is 2.97. The number of ether oxygens (including phenoxy) is 1. The molecule has 0 spiro atoms. The first-order valence-corrected chi connectivity index (χ1v) is 3.63. The van der Waals surface area contributed by atoms with Gasteiger partial charge in [-0.05, 0) is 18.6 Å². The van der Waals surface area contributed by atoms with Gasteiger partial charge in [-0.15, -0.1) is 12.6 Å². The summed E-state index contributed by atoms with van der Waals surface area (Å²) in [6.07, 6.45) is 0. The van der Waals surface area contributed by atoms with Crippen LogP contribution in [-0.4, -0.2) is 7.11 Å². The molecule has 1 aromatic carbocycles. The van der Waals surface area contributed by atoms with Crippen molar-refractivity contribution >= 4 is 12.6 Å². The van der Waals surface area contributed by atoms with E-state index in [1.54, 1.807) is 6.07 Å². The van der Waals surface area contributed by atoms with Gasteiger partial charge in [0.2, 0.25) is 0 Å². The van der Waals surface area contributed by atoms with E-state index < -0.39 is 0 Å². The Balaban J connectivity index is 3.21. The number of hydrogen-bond donors (Lipinski definition) is 1. The Hall–Kier alpha value is -0.700. The van der Waals surface area contributed by atoms with Crippen LogP contribution in [-0.2, 0) is 0 Å². The zero-order chi connectivity index (χ0) is 8.43. The van der Waals surface area contributed by atoms with Crippen molar-refractivity contribution in [1.82, 2.24) is 0 Å². The van der Waals surface area contributed by atoms with Gasteiger partial charge in [-0.3, -0.25) is 0 Å². The van der Waals surface area contributed by atoms with E-state index >= 15 is 0 Å². The Morgan fingerprint density at radius 3 is 2.64 bits per heavy atom. The van der Waals surface area contributed by atoms with E-state index in [1.807, 2.05) is 6.92 Å². The molecule has 0 aliphatic heterocycles. The van der Waals surface area contributed by atoms with Crippen molar-refractivity contribution in [2.75, 3.05) is 7.11 Å². The SMILES string of the molecule is COc1cc(F)c(S)cc1C. The number of benzene rings is 1. The molecule has 11 heavy (non-hydrogen) atoms. The van der Waals surface area contributed by atoms with Crippen LogP contribution in [0.15, 0.2) is 17.0 Å². The van der Waals surface area contributed by atoms with Crippen molar-refractivity contribution in [1.29, 1.82) is 0 Å². The van der Waals surface area contributed by atoms with Gasteiger partial charge in [-0.1, -0.05) is 0 Å². The first-order valence-electron chi connectivity index (χ1n) is 3.18. The third-order valence-corrected chi connectivity index (χ3v) is 1.81. The van der Waals surface area contributed by atoms with Crippen molar-refractivity contribution in [2.45, 2.75) is 11.8 Å². The molecule has 0 unspecified atom stereocenters. The van der Waals surface area contributed by atoms with Gasteiger partial charge < -0.3 is 4.74 Å². The van der Waals surface area contributed by atoms with E-state index in [-0.39, 0.29) is 5.82 Å². The Kier molecular flexibility index (Phi) is 2.39. The predicted molar refractivity (Wildman–Crippen MR) is 44.9 cm³/mol. The summed E-state index contributed by atoms with van der Waals surface area (Å²) in [5, 5.41) is 0. The van der Waals surface area contributed by atoms with E-state index in [1.165, 1.54) is 13.2 Å². The lowest BCUT2D eigenvalue weighted by molar-refractivity contribution is 0.407. The maximum absolute atomic E-state index is 12.8. The molecule has 0 saturated carbocycles. The molecule has 0 saturated heterocycles. The van der Waals surface area contributed by atoms with Gasteiger partial charge in [-0.2, -0.15) is 0 Å². The van der Waals surface area contributed by atoms with Crippen LogP contribution in [0.2, 0.25) is 0 Å². The summed E-state index contributed by atoms with van der Waals surface area (Å²) < 4.78 is 17.7. The number of aryl methyl sites for hydroxylation is 1. The average molecular weight is 172 g/mol. The minimum atomic E-state index is -0.351. The molecule has 0 bridgehead atoms. The molecule has 0 atom stereocenters. The van der Waals surface area contributed by atoms with Crippen molar-refractivity contribution < 1.29 is 9.13 Å². The fraction of sp³-hybridized carbons (Fsp3) is 0.250. The van der Waals surface area contributed by atoms with Gasteiger partial charge >= 0.3 is 0 Å². The Morgan fingerprint density at radius 2 is 2.09 bits per heavy atom. The fourth-order valence-corrected chi connectivity index (χ4v) is 1.13. The lowest BCUT2D eigenvalue weighted by Crippen LogP contribution is -1.89. The van der Waals surface area contributed by atoms with Gasteiger partial charge in [-0.25, -0.2) is 4.39 Å². The van der Waals surface area contributed by atoms with Crippen LogP contribution in [0.25, 0.3) is 0 Å². The molecule has 3 heteroatoms. The van der Waals surface area contributed by atoms with E-state index in [0.717, 1.165) is 5.56 Å². The molecule has 60 valence electrons. The molecular formula is C8H9FOS. The third-order valence-electron chi connectivity index (χ3n) is 1.46. The van der Waals surface area contributed by atoms with Gasteiger partial charge in [0, 0.05) is 11.0 Å². The molecule has 1 aromatic rings. The van der Waals surface area contributed by atoms with Gasteiger partial charge in [0.05, 0.1) is 7.11 Å². The highest BCUT2D eigenvalue weighted by molar-refractivity contribution is 7.80. The van der Waals surface area contributed by atoms with E-state index in [2.05, 4.69) is 12.6 Å². The maximum Gasteiger partial charge on any atom is 0.140 e. The molecule has 0 aliphatic rings. The number of hydrogen-bond acceptors (Lipinski definition) is 2. The molecule has 1 rings (SSSR count). The Morgan fingerprint density at radius 1 is 1.45 bits per heavy atom. The quantitative estimate of drug-likeness (QED) is 0.640. The lowest BCUT2D eigenvalue weighted by Gasteiger charge is -2.04. The minimum absolute atomic E-state index is 0.350. The normalized spacial score (nSPS) is 9.82. The fourth-order valence-electron chi connectivity index (χ4n) is 0.868. The molecule has 0 aromatic heterocycles. The molecule has 1 nitrogen and oxygen atoms in total. The van der Waals surface area contributed by atoms with Crippen LogP contribution in [0.4, 0.5) is 4.39 Å². The van der Waals surface area contributed by atoms with Crippen LogP contribution in [0.5, 0.6) is 5.75 Å². The Labute approximate surface area is 70.6 Å². The maximum atomic E-state index is 12.8. The van der Waals surface area contributed by atoms with Crippen molar-refractivity contribution in [2.24, 2.45) is 0 Å².